The summed E-state index contributed by atoms with van der Waals surface area (Å²) in [4.78, 5) is 11.5. The zero-order valence-corrected chi connectivity index (χ0v) is 13.3. The molecular formula is C17H19N5O. The third-order valence-electron chi connectivity index (χ3n) is 4.34. The van der Waals surface area contributed by atoms with Crippen molar-refractivity contribution < 1.29 is 4.52 Å². The van der Waals surface area contributed by atoms with Crippen molar-refractivity contribution in [2.45, 2.75) is 13.0 Å². The molecule has 4 rings (SSSR count). The number of hydrogen-bond acceptors (Lipinski definition) is 6. The average Bonchev–Trinajstić information content (AvgIpc) is 3.04. The van der Waals surface area contributed by atoms with Crippen molar-refractivity contribution in [3.05, 3.63) is 41.9 Å². The smallest absolute Gasteiger partial charge is 0.260 e. The van der Waals surface area contributed by atoms with Crippen LogP contribution in [-0.4, -0.2) is 46.7 Å². The number of rotatable bonds is 2. The molecule has 1 aliphatic rings. The van der Waals surface area contributed by atoms with Gasteiger partial charge in [0.05, 0.1) is 17.1 Å². The van der Waals surface area contributed by atoms with Crippen LogP contribution in [0.25, 0.3) is 22.4 Å². The van der Waals surface area contributed by atoms with E-state index in [1.54, 1.807) is 0 Å². The number of pyridine rings is 1. The number of nitrogens with one attached hydrogen (secondary N) is 1. The molecule has 0 amide bonds. The van der Waals surface area contributed by atoms with Gasteiger partial charge in [-0.3, -0.25) is 9.88 Å². The van der Waals surface area contributed by atoms with E-state index >= 15 is 0 Å². The second kappa shape index (κ2) is 5.72. The largest absolute Gasteiger partial charge is 0.334 e. The number of aromatic nitrogens is 3. The fourth-order valence-electron chi connectivity index (χ4n) is 2.99. The summed E-state index contributed by atoms with van der Waals surface area (Å²) in [5.41, 5.74) is 2.76. The molecule has 1 atom stereocenters. The molecule has 3 heterocycles. The highest BCUT2D eigenvalue weighted by Crippen LogP contribution is 2.28. The molecule has 118 valence electrons. The monoisotopic (exact) mass is 309 g/mol. The van der Waals surface area contributed by atoms with E-state index < -0.39 is 0 Å². The van der Waals surface area contributed by atoms with Crippen LogP contribution in [0.3, 0.4) is 0 Å². The van der Waals surface area contributed by atoms with E-state index in [0.29, 0.717) is 5.89 Å². The minimum absolute atomic E-state index is 0.144. The van der Waals surface area contributed by atoms with Crippen molar-refractivity contribution in [3.63, 3.8) is 0 Å². The first kappa shape index (κ1) is 14.3. The number of fused-ring (bicyclic) bond motifs is 1. The standard InChI is InChI=1S/C17H19N5O/c1-11-6-7-12-4-3-5-13(15(12)19-11)17-20-16(21-23-17)14-10-18-8-9-22(14)2/h3-7,14,18H,8-10H2,1-2H3. The molecule has 23 heavy (non-hydrogen) atoms. The van der Waals surface area contributed by atoms with Crippen molar-refractivity contribution in [1.29, 1.82) is 0 Å². The highest BCUT2D eigenvalue weighted by Gasteiger charge is 2.25. The quantitative estimate of drug-likeness (QED) is 0.782. The second-order valence-electron chi connectivity index (χ2n) is 5.99. The number of hydrogen-bond donors (Lipinski definition) is 1. The summed E-state index contributed by atoms with van der Waals surface area (Å²) in [6, 6.07) is 10.2. The van der Waals surface area contributed by atoms with Crippen LogP contribution in [0.2, 0.25) is 0 Å². The van der Waals surface area contributed by atoms with Gasteiger partial charge in [-0.15, -0.1) is 0 Å². The summed E-state index contributed by atoms with van der Waals surface area (Å²) in [5, 5.41) is 8.65. The predicted octanol–water partition coefficient (Wildman–Crippen LogP) is 2.17. The molecule has 6 nitrogen and oxygen atoms in total. The van der Waals surface area contributed by atoms with Crippen molar-refractivity contribution in [2.24, 2.45) is 0 Å². The number of likely N-dealkylation sites (N-methyl/N-ethyl adjacent to an activating group) is 1. The van der Waals surface area contributed by atoms with E-state index in [0.717, 1.165) is 47.6 Å². The van der Waals surface area contributed by atoms with Crippen molar-refractivity contribution in [1.82, 2.24) is 25.3 Å². The molecule has 0 aliphatic carbocycles. The van der Waals surface area contributed by atoms with Crippen molar-refractivity contribution in [2.75, 3.05) is 26.7 Å². The Morgan fingerprint density at radius 2 is 2.13 bits per heavy atom. The van der Waals surface area contributed by atoms with Gasteiger partial charge in [0.1, 0.15) is 0 Å². The first-order valence-corrected chi connectivity index (χ1v) is 7.84. The summed E-state index contributed by atoms with van der Waals surface area (Å²) >= 11 is 0. The van der Waals surface area contributed by atoms with Crippen LogP contribution in [0.1, 0.15) is 17.6 Å². The number of aryl methyl sites for hydroxylation is 1. The van der Waals surface area contributed by atoms with E-state index in [2.05, 4.69) is 38.5 Å². The molecule has 1 fully saturated rings. The van der Waals surface area contributed by atoms with E-state index in [1.165, 1.54) is 0 Å². The van der Waals surface area contributed by atoms with Crippen LogP contribution in [0.5, 0.6) is 0 Å². The lowest BCUT2D eigenvalue weighted by Gasteiger charge is -2.30. The van der Waals surface area contributed by atoms with Gasteiger partial charge in [-0.05, 0) is 26.1 Å². The highest BCUT2D eigenvalue weighted by atomic mass is 16.5. The summed E-state index contributed by atoms with van der Waals surface area (Å²) in [7, 11) is 2.09. The van der Waals surface area contributed by atoms with Crippen LogP contribution in [-0.2, 0) is 0 Å². The molecule has 1 aromatic carbocycles. The van der Waals surface area contributed by atoms with Crippen LogP contribution in [0.4, 0.5) is 0 Å². The molecule has 0 spiro atoms. The molecule has 1 N–H and O–H groups in total. The van der Waals surface area contributed by atoms with Crippen molar-refractivity contribution >= 4 is 10.9 Å². The molecule has 1 unspecified atom stereocenters. The van der Waals surface area contributed by atoms with Crippen LogP contribution >= 0.6 is 0 Å². The number of nitrogens with zero attached hydrogens (tertiary/aromatic N) is 4. The van der Waals surface area contributed by atoms with E-state index in [1.807, 2.05) is 31.2 Å². The fourth-order valence-corrected chi connectivity index (χ4v) is 2.99. The zero-order chi connectivity index (χ0) is 15.8. The lowest BCUT2D eigenvalue weighted by atomic mass is 10.1. The third kappa shape index (κ3) is 2.60. The number of para-hydroxylation sites is 1. The van der Waals surface area contributed by atoms with Crippen LogP contribution in [0.15, 0.2) is 34.9 Å². The Morgan fingerprint density at radius 1 is 1.22 bits per heavy atom. The molecule has 1 aliphatic heterocycles. The third-order valence-corrected chi connectivity index (χ3v) is 4.34. The Bertz CT molecular complexity index is 844. The zero-order valence-electron chi connectivity index (χ0n) is 13.3. The number of benzene rings is 1. The fraction of sp³-hybridized carbons (Fsp3) is 0.353. The predicted molar refractivity (Wildman–Crippen MR) is 88.0 cm³/mol. The maximum Gasteiger partial charge on any atom is 0.260 e. The van der Waals surface area contributed by atoms with Gasteiger partial charge >= 0.3 is 0 Å². The Balaban J connectivity index is 1.76. The average molecular weight is 309 g/mol. The summed E-state index contributed by atoms with van der Waals surface area (Å²) in [5.74, 6) is 1.25. The summed E-state index contributed by atoms with van der Waals surface area (Å²) < 4.78 is 5.54. The minimum Gasteiger partial charge on any atom is -0.334 e. The summed E-state index contributed by atoms with van der Waals surface area (Å²) in [6.07, 6.45) is 0. The normalized spacial score (nSPS) is 19.3. The van der Waals surface area contributed by atoms with Crippen molar-refractivity contribution in [3.8, 4) is 11.5 Å². The first-order chi connectivity index (χ1) is 11.2. The highest BCUT2D eigenvalue weighted by molar-refractivity contribution is 5.91. The van der Waals surface area contributed by atoms with Gasteiger partial charge in [0.25, 0.3) is 5.89 Å². The Hall–Kier alpha value is -2.31. The molecule has 0 saturated carbocycles. The minimum atomic E-state index is 0.144. The Kier molecular flexibility index (Phi) is 3.55. The molecule has 0 radical (unpaired) electrons. The van der Waals surface area contributed by atoms with E-state index in [9.17, 15) is 0 Å². The molecule has 3 aromatic rings. The van der Waals surface area contributed by atoms with Gasteiger partial charge in [0.15, 0.2) is 5.82 Å². The van der Waals surface area contributed by atoms with Gasteiger partial charge in [0, 0.05) is 30.7 Å². The molecule has 1 saturated heterocycles. The molecule has 6 heteroatoms. The molecule has 2 aromatic heterocycles. The van der Waals surface area contributed by atoms with Crippen LogP contribution < -0.4 is 5.32 Å². The van der Waals surface area contributed by atoms with E-state index in [-0.39, 0.29) is 6.04 Å². The molecule has 0 bridgehead atoms. The van der Waals surface area contributed by atoms with Gasteiger partial charge in [0.2, 0.25) is 0 Å². The lowest BCUT2D eigenvalue weighted by molar-refractivity contribution is 0.190. The maximum absolute atomic E-state index is 5.54. The SMILES string of the molecule is Cc1ccc2cccc(-c3nc(C4CNCCN4C)no3)c2n1. The first-order valence-electron chi connectivity index (χ1n) is 7.84. The molecular weight excluding hydrogens is 290 g/mol. The summed E-state index contributed by atoms with van der Waals surface area (Å²) in [6.45, 7) is 4.79. The van der Waals surface area contributed by atoms with Gasteiger partial charge in [-0.1, -0.05) is 23.4 Å². The lowest BCUT2D eigenvalue weighted by Crippen LogP contribution is -2.44. The topological polar surface area (TPSA) is 67.1 Å². The van der Waals surface area contributed by atoms with Gasteiger partial charge in [-0.2, -0.15) is 4.98 Å². The Morgan fingerprint density at radius 3 is 3.00 bits per heavy atom. The van der Waals surface area contributed by atoms with E-state index in [4.69, 9.17) is 4.52 Å². The van der Waals surface area contributed by atoms with Gasteiger partial charge in [-0.25, -0.2) is 0 Å². The van der Waals surface area contributed by atoms with Gasteiger partial charge < -0.3 is 9.84 Å². The maximum atomic E-state index is 5.54. The second-order valence-corrected chi connectivity index (χ2v) is 5.99. The Labute approximate surface area is 134 Å². The number of piperazine rings is 1. The van der Waals surface area contributed by atoms with Crippen LogP contribution in [0, 0.1) is 6.92 Å².